The van der Waals surface area contributed by atoms with E-state index in [4.69, 9.17) is 0 Å². The number of rotatable bonds is 3. The van der Waals surface area contributed by atoms with E-state index in [0.29, 0.717) is 5.92 Å². The number of hydrogen-bond donors (Lipinski definition) is 1. The maximum atomic E-state index is 12.2. The van der Waals surface area contributed by atoms with Crippen molar-refractivity contribution in [1.82, 2.24) is 0 Å². The predicted octanol–water partition coefficient (Wildman–Crippen LogP) is 3.77. The van der Waals surface area contributed by atoms with E-state index in [9.17, 15) is 9.90 Å². The highest BCUT2D eigenvalue weighted by Crippen LogP contribution is 2.41. The largest absolute Gasteiger partial charge is 0.388 e. The summed E-state index contributed by atoms with van der Waals surface area (Å²) in [5.74, 6) is 0.520. The summed E-state index contributed by atoms with van der Waals surface area (Å²) < 4.78 is 0. The molecule has 21 heavy (non-hydrogen) atoms. The van der Waals surface area contributed by atoms with E-state index in [1.165, 1.54) is 19.3 Å². The van der Waals surface area contributed by atoms with E-state index >= 15 is 0 Å². The lowest BCUT2D eigenvalue weighted by Gasteiger charge is -2.27. The minimum Gasteiger partial charge on any atom is -0.388 e. The lowest BCUT2D eigenvalue weighted by molar-refractivity contribution is -0.119. The summed E-state index contributed by atoms with van der Waals surface area (Å²) in [6.45, 7) is 2.05. The van der Waals surface area contributed by atoms with Gasteiger partial charge in [0, 0.05) is 12.7 Å². The van der Waals surface area contributed by atoms with Gasteiger partial charge in [0.15, 0.2) is 0 Å². The highest BCUT2D eigenvalue weighted by molar-refractivity contribution is 6.04. The molecule has 0 spiro atoms. The van der Waals surface area contributed by atoms with Crippen LogP contribution in [0.1, 0.15) is 68.6 Å². The van der Waals surface area contributed by atoms with Crippen LogP contribution < -0.4 is 4.90 Å². The number of hydrogen-bond acceptors (Lipinski definition) is 2. The molecule has 1 fully saturated rings. The van der Waals surface area contributed by atoms with Crippen molar-refractivity contribution >= 4 is 11.6 Å². The van der Waals surface area contributed by atoms with Crippen molar-refractivity contribution in [3.05, 3.63) is 29.3 Å². The molecule has 3 nitrogen and oxygen atoms in total. The van der Waals surface area contributed by atoms with Gasteiger partial charge in [-0.3, -0.25) is 4.79 Å². The van der Waals surface area contributed by atoms with Gasteiger partial charge in [-0.15, -0.1) is 0 Å². The number of amides is 1. The fourth-order valence-corrected chi connectivity index (χ4v) is 3.94. The van der Waals surface area contributed by atoms with Crippen molar-refractivity contribution in [2.45, 2.75) is 57.5 Å². The van der Waals surface area contributed by atoms with Gasteiger partial charge >= 0.3 is 0 Å². The molecule has 1 aliphatic heterocycles. The fourth-order valence-electron chi connectivity index (χ4n) is 3.94. The number of likely N-dealkylation sites (N-methyl/N-ethyl adjacent to an activating group) is 1. The molecule has 3 rings (SSSR count). The second-order valence-electron chi connectivity index (χ2n) is 6.52. The number of carbonyl (C=O) groups excluding carboxylic acids is 1. The number of anilines is 1. The van der Waals surface area contributed by atoms with Crippen LogP contribution in [-0.4, -0.2) is 18.1 Å². The first-order valence-electron chi connectivity index (χ1n) is 8.23. The van der Waals surface area contributed by atoms with Gasteiger partial charge < -0.3 is 10.0 Å². The third-order valence-electron chi connectivity index (χ3n) is 5.26. The van der Waals surface area contributed by atoms with Crippen molar-refractivity contribution in [3.63, 3.8) is 0 Å². The normalized spacial score (nSPS) is 24.2. The minimum absolute atomic E-state index is 0.0384. The Hall–Kier alpha value is -1.35. The van der Waals surface area contributed by atoms with Crippen LogP contribution in [0.4, 0.5) is 5.69 Å². The highest BCUT2D eigenvalue weighted by atomic mass is 16.3. The van der Waals surface area contributed by atoms with E-state index < -0.39 is 0 Å². The third-order valence-corrected chi connectivity index (χ3v) is 5.26. The Labute approximate surface area is 127 Å². The quantitative estimate of drug-likeness (QED) is 0.919. The van der Waals surface area contributed by atoms with Crippen LogP contribution in [0.5, 0.6) is 0 Å². The summed E-state index contributed by atoms with van der Waals surface area (Å²) >= 11 is 0. The predicted molar refractivity (Wildman–Crippen MR) is 84.4 cm³/mol. The van der Waals surface area contributed by atoms with Crippen molar-refractivity contribution in [2.75, 3.05) is 11.9 Å². The Morgan fingerprint density at radius 2 is 2.00 bits per heavy atom. The molecule has 0 saturated heterocycles. The van der Waals surface area contributed by atoms with Crippen LogP contribution in [-0.2, 0) is 4.79 Å². The lowest BCUT2D eigenvalue weighted by Crippen LogP contribution is -2.23. The molecule has 0 bridgehead atoms. The van der Waals surface area contributed by atoms with Gasteiger partial charge in [-0.2, -0.15) is 0 Å². The molecule has 0 radical (unpaired) electrons. The van der Waals surface area contributed by atoms with Crippen LogP contribution in [0.15, 0.2) is 18.2 Å². The number of nitrogens with zero attached hydrogens (tertiary/aromatic N) is 1. The van der Waals surface area contributed by atoms with Gasteiger partial charge in [-0.25, -0.2) is 0 Å². The van der Waals surface area contributed by atoms with Crippen molar-refractivity contribution in [3.8, 4) is 0 Å². The summed E-state index contributed by atoms with van der Waals surface area (Å²) in [4.78, 5) is 14.0. The molecule has 2 unspecified atom stereocenters. The molecule has 1 aliphatic carbocycles. The highest BCUT2D eigenvalue weighted by Gasteiger charge is 2.34. The first-order chi connectivity index (χ1) is 10.1. The number of aliphatic hydroxyl groups is 1. The average molecular weight is 287 g/mol. The molecule has 1 saturated carbocycles. The lowest BCUT2D eigenvalue weighted by atomic mass is 9.82. The smallest absolute Gasteiger partial charge is 0.234 e. The van der Waals surface area contributed by atoms with E-state index in [1.807, 2.05) is 19.2 Å². The fraction of sp³-hybridized carbons (Fsp3) is 0.611. The Balaban J connectivity index is 1.89. The minimum atomic E-state index is -0.380. The Morgan fingerprint density at radius 1 is 1.29 bits per heavy atom. The summed E-state index contributed by atoms with van der Waals surface area (Å²) in [6, 6.07) is 6.08. The molecule has 0 aromatic heterocycles. The maximum Gasteiger partial charge on any atom is 0.234 e. The SMILES string of the molecule is CCC1C(=O)N(C)c2ccc(C(O)C3CCCCC3)cc21. The molecule has 2 atom stereocenters. The molecule has 1 aromatic rings. The van der Waals surface area contributed by atoms with Crippen LogP contribution in [0.3, 0.4) is 0 Å². The summed E-state index contributed by atoms with van der Waals surface area (Å²) in [7, 11) is 1.84. The number of carbonyl (C=O) groups is 1. The van der Waals surface area contributed by atoms with Gasteiger partial charge in [0.25, 0.3) is 0 Å². The van der Waals surface area contributed by atoms with Crippen molar-refractivity contribution < 1.29 is 9.90 Å². The first kappa shape index (κ1) is 14.6. The topological polar surface area (TPSA) is 40.5 Å². The zero-order chi connectivity index (χ0) is 15.0. The molecule has 114 valence electrons. The average Bonchev–Trinajstić information content (AvgIpc) is 2.78. The van der Waals surface area contributed by atoms with Gasteiger partial charge in [0.1, 0.15) is 0 Å². The van der Waals surface area contributed by atoms with Gasteiger partial charge in [0.05, 0.1) is 12.0 Å². The first-order valence-corrected chi connectivity index (χ1v) is 8.23. The second kappa shape index (κ2) is 5.80. The Kier molecular flexibility index (Phi) is 4.03. The van der Waals surface area contributed by atoms with E-state index in [2.05, 4.69) is 13.0 Å². The van der Waals surface area contributed by atoms with Crippen LogP contribution in [0.25, 0.3) is 0 Å². The Morgan fingerprint density at radius 3 is 2.67 bits per heavy atom. The van der Waals surface area contributed by atoms with Gasteiger partial charge in [0.2, 0.25) is 5.91 Å². The van der Waals surface area contributed by atoms with E-state index in [-0.39, 0.29) is 17.9 Å². The Bertz CT molecular complexity index is 534. The molecular formula is C18H25NO2. The molecule has 1 amide bonds. The third kappa shape index (κ3) is 2.48. The maximum absolute atomic E-state index is 12.2. The van der Waals surface area contributed by atoms with Crippen LogP contribution >= 0.6 is 0 Å². The molecule has 3 heteroatoms. The van der Waals surface area contributed by atoms with E-state index in [0.717, 1.165) is 36.1 Å². The van der Waals surface area contributed by atoms with E-state index in [1.54, 1.807) is 4.90 Å². The number of benzene rings is 1. The molecule has 1 N–H and O–H groups in total. The number of aliphatic hydroxyl groups excluding tert-OH is 1. The molecule has 2 aliphatic rings. The van der Waals surface area contributed by atoms with Gasteiger partial charge in [-0.1, -0.05) is 38.3 Å². The van der Waals surface area contributed by atoms with Crippen molar-refractivity contribution in [2.24, 2.45) is 5.92 Å². The molecule has 1 aromatic carbocycles. The van der Waals surface area contributed by atoms with Gasteiger partial charge in [-0.05, 0) is 42.4 Å². The monoisotopic (exact) mass is 287 g/mol. The van der Waals surface area contributed by atoms with Crippen molar-refractivity contribution in [1.29, 1.82) is 0 Å². The second-order valence-corrected chi connectivity index (χ2v) is 6.52. The van der Waals surface area contributed by atoms with Crippen LogP contribution in [0, 0.1) is 5.92 Å². The number of fused-ring (bicyclic) bond motifs is 1. The molecular weight excluding hydrogens is 262 g/mol. The zero-order valence-corrected chi connectivity index (χ0v) is 13.0. The molecule has 1 heterocycles. The summed E-state index contributed by atoms with van der Waals surface area (Å²) in [5, 5.41) is 10.7. The standard InChI is InChI=1S/C18H25NO2/c1-3-14-15-11-13(9-10-16(15)19(2)18(14)21)17(20)12-7-5-4-6-8-12/h9-12,14,17,20H,3-8H2,1-2H3. The van der Waals surface area contributed by atoms with Crippen LogP contribution in [0.2, 0.25) is 0 Å². The summed E-state index contributed by atoms with van der Waals surface area (Å²) in [6.07, 6.45) is 6.43. The summed E-state index contributed by atoms with van der Waals surface area (Å²) in [5.41, 5.74) is 3.09. The zero-order valence-electron chi connectivity index (χ0n) is 13.0.